The van der Waals surface area contributed by atoms with Crippen LogP contribution in [0.15, 0.2) is 48.7 Å². The van der Waals surface area contributed by atoms with Crippen molar-refractivity contribution in [2.24, 2.45) is 0 Å². The molecular weight excluding hydrogens is 236 g/mol. The summed E-state index contributed by atoms with van der Waals surface area (Å²) in [5, 5.41) is 3.36. The summed E-state index contributed by atoms with van der Waals surface area (Å²) in [7, 11) is 0. The molecule has 3 heteroatoms. The molecule has 2 aromatic rings. The first-order valence-corrected chi connectivity index (χ1v) is 6.68. The lowest BCUT2D eigenvalue weighted by Crippen LogP contribution is -2.11. The number of hydrogen-bond acceptors (Lipinski definition) is 3. The van der Waals surface area contributed by atoms with Crippen LogP contribution in [-0.4, -0.2) is 18.1 Å². The summed E-state index contributed by atoms with van der Waals surface area (Å²) in [6.07, 6.45) is 1.78. The van der Waals surface area contributed by atoms with E-state index in [1.807, 2.05) is 25.1 Å². The fourth-order valence-electron chi connectivity index (χ4n) is 1.94. The fraction of sp³-hybridized carbons (Fsp3) is 0.312. The van der Waals surface area contributed by atoms with E-state index in [0.717, 1.165) is 18.1 Å². The van der Waals surface area contributed by atoms with Gasteiger partial charge in [0.25, 0.3) is 0 Å². The van der Waals surface area contributed by atoms with Crippen molar-refractivity contribution in [1.29, 1.82) is 0 Å². The Kier molecular flexibility index (Phi) is 4.78. The van der Waals surface area contributed by atoms with E-state index in [0.29, 0.717) is 12.5 Å². The number of nitrogens with one attached hydrogen (secondary N) is 1. The number of nitrogens with zero attached hydrogens (tertiary/aromatic N) is 1. The monoisotopic (exact) mass is 256 g/mol. The molecule has 19 heavy (non-hydrogen) atoms. The van der Waals surface area contributed by atoms with Gasteiger partial charge >= 0.3 is 0 Å². The first kappa shape index (κ1) is 13.4. The molecular formula is C16H20N2O. The summed E-state index contributed by atoms with van der Waals surface area (Å²) < 4.78 is 5.55. The third-order valence-electron chi connectivity index (χ3n) is 3.01. The molecule has 1 aromatic heterocycles. The quantitative estimate of drug-likeness (QED) is 0.855. The maximum absolute atomic E-state index is 5.55. The molecule has 1 atom stereocenters. The molecule has 0 amide bonds. The largest absolute Gasteiger partial charge is 0.490 e. The van der Waals surface area contributed by atoms with Gasteiger partial charge in [-0.2, -0.15) is 0 Å². The van der Waals surface area contributed by atoms with Crippen LogP contribution in [0.3, 0.4) is 0 Å². The van der Waals surface area contributed by atoms with Crippen molar-refractivity contribution >= 4 is 5.82 Å². The first-order valence-electron chi connectivity index (χ1n) is 6.68. The van der Waals surface area contributed by atoms with E-state index in [4.69, 9.17) is 4.74 Å². The van der Waals surface area contributed by atoms with Crippen molar-refractivity contribution < 1.29 is 4.74 Å². The molecule has 1 unspecified atom stereocenters. The highest BCUT2D eigenvalue weighted by Gasteiger charge is 2.07. The number of rotatable bonds is 6. The predicted octanol–water partition coefficient (Wildman–Crippen LogP) is 3.70. The second kappa shape index (κ2) is 6.78. The normalized spacial score (nSPS) is 11.9. The minimum Gasteiger partial charge on any atom is -0.490 e. The number of aromatic nitrogens is 1. The van der Waals surface area contributed by atoms with Gasteiger partial charge in [0, 0.05) is 12.7 Å². The van der Waals surface area contributed by atoms with Gasteiger partial charge in [-0.15, -0.1) is 0 Å². The first-order chi connectivity index (χ1) is 9.31. The summed E-state index contributed by atoms with van der Waals surface area (Å²) >= 11 is 0. The molecule has 0 spiro atoms. The maximum Gasteiger partial charge on any atom is 0.168 e. The van der Waals surface area contributed by atoms with Gasteiger partial charge in [-0.3, -0.25) is 0 Å². The van der Waals surface area contributed by atoms with Crippen molar-refractivity contribution in [3.8, 4) is 5.75 Å². The van der Waals surface area contributed by atoms with Gasteiger partial charge in [-0.1, -0.05) is 37.3 Å². The molecule has 1 heterocycles. The lowest BCUT2D eigenvalue weighted by molar-refractivity contribution is 0.340. The molecule has 0 bridgehead atoms. The molecule has 2 rings (SSSR count). The van der Waals surface area contributed by atoms with E-state index in [2.05, 4.69) is 41.5 Å². The predicted molar refractivity (Wildman–Crippen MR) is 78.8 cm³/mol. The van der Waals surface area contributed by atoms with Crippen LogP contribution >= 0.6 is 0 Å². The van der Waals surface area contributed by atoms with Crippen molar-refractivity contribution in [3.05, 3.63) is 54.2 Å². The zero-order chi connectivity index (χ0) is 13.5. The maximum atomic E-state index is 5.55. The number of anilines is 1. The van der Waals surface area contributed by atoms with Crippen LogP contribution in [0.1, 0.15) is 25.3 Å². The zero-order valence-electron chi connectivity index (χ0n) is 11.5. The lowest BCUT2D eigenvalue weighted by Gasteiger charge is -2.15. The highest BCUT2D eigenvalue weighted by atomic mass is 16.5. The van der Waals surface area contributed by atoms with Crippen LogP contribution in [0.5, 0.6) is 5.75 Å². The van der Waals surface area contributed by atoms with Gasteiger partial charge in [-0.25, -0.2) is 4.98 Å². The Morgan fingerprint density at radius 2 is 1.95 bits per heavy atom. The van der Waals surface area contributed by atoms with Gasteiger partial charge in [0.15, 0.2) is 11.6 Å². The molecule has 0 fully saturated rings. The molecule has 1 N–H and O–H groups in total. The summed E-state index contributed by atoms with van der Waals surface area (Å²) in [4.78, 5) is 4.33. The Morgan fingerprint density at radius 3 is 2.68 bits per heavy atom. The summed E-state index contributed by atoms with van der Waals surface area (Å²) in [6, 6.07) is 14.3. The molecule has 0 aliphatic carbocycles. The van der Waals surface area contributed by atoms with Crippen LogP contribution in [0.2, 0.25) is 0 Å². The number of benzene rings is 1. The van der Waals surface area contributed by atoms with E-state index in [-0.39, 0.29) is 0 Å². The number of ether oxygens (including phenoxy) is 1. The van der Waals surface area contributed by atoms with Crippen molar-refractivity contribution in [1.82, 2.24) is 4.98 Å². The summed E-state index contributed by atoms with van der Waals surface area (Å²) in [5.41, 5.74) is 1.32. The van der Waals surface area contributed by atoms with Gasteiger partial charge in [0.2, 0.25) is 0 Å². The Bertz CT molecular complexity index is 499. The average Bonchev–Trinajstić information content (AvgIpc) is 2.47. The minimum atomic E-state index is 0.428. The van der Waals surface area contributed by atoms with E-state index in [9.17, 15) is 0 Å². The van der Waals surface area contributed by atoms with Crippen LogP contribution in [0.25, 0.3) is 0 Å². The Morgan fingerprint density at radius 1 is 1.16 bits per heavy atom. The fourth-order valence-corrected chi connectivity index (χ4v) is 1.94. The smallest absolute Gasteiger partial charge is 0.168 e. The Labute approximate surface area is 114 Å². The molecule has 3 nitrogen and oxygen atoms in total. The minimum absolute atomic E-state index is 0.428. The van der Waals surface area contributed by atoms with Gasteiger partial charge in [0.1, 0.15) is 0 Å². The molecule has 0 saturated carbocycles. The van der Waals surface area contributed by atoms with Gasteiger partial charge in [-0.05, 0) is 30.5 Å². The van der Waals surface area contributed by atoms with Crippen LogP contribution in [-0.2, 0) is 0 Å². The lowest BCUT2D eigenvalue weighted by atomic mass is 10.0. The standard InChI is InChI=1S/C16H20N2O/c1-3-19-15-10-7-11-17-16(15)18-12-13(2)14-8-5-4-6-9-14/h4-11,13H,3,12H2,1-2H3,(H,17,18). The third kappa shape index (κ3) is 3.71. The molecule has 1 aromatic carbocycles. The van der Waals surface area contributed by atoms with E-state index >= 15 is 0 Å². The van der Waals surface area contributed by atoms with Crippen molar-refractivity contribution in [2.75, 3.05) is 18.5 Å². The SMILES string of the molecule is CCOc1cccnc1NCC(C)c1ccccc1. The number of pyridine rings is 1. The Balaban J connectivity index is 1.99. The van der Waals surface area contributed by atoms with Crippen molar-refractivity contribution in [2.45, 2.75) is 19.8 Å². The molecule has 0 aliphatic heterocycles. The van der Waals surface area contributed by atoms with E-state index in [1.165, 1.54) is 5.56 Å². The van der Waals surface area contributed by atoms with E-state index in [1.54, 1.807) is 6.20 Å². The summed E-state index contributed by atoms with van der Waals surface area (Å²) in [5.74, 6) is 2.05. The number of hydrogen-bond donors (Lipinski definition) is 1. The second-order valence-electron chi connectivity index (χ2n) is 4.48. The van der Waals surface area contributed by atoms with Crippen molar-refractivity contribution in [3.63, 3.8) is 0 Å². The third-order valence-corrected chi connectivity index (χ3v) is 3.01. The highest BCUT2D eigenvalue weighted by Crippen LogP contribution is 2.22. The molecule has 0 radical (unpaired) electrons. The summed E-state index contributed by atoms with van der Waals surface area (Å²) in [6.45, 7) is 5.66. The average molecular weight is 256 g/mol. The molecule has 0 aliphatic rings. The molecule has 100 valence electrons. The second-order valence-corrected chi connectivity index (χ2v) is 4.48. The van der Waals surface area contributed by atoms with Crippen LogP contribution < -0.4 is 10.1 Å². The van der Waals surface area contributed by atoms with Crippen LogP contribution in [0.4, 0.5) is 5.82 Å². The topological polar surface area (TPSA) is 34.1 Å². The Hall–Kier alpha value is -2.03. The van der Waals surface area contributed by atoms with Gasteiger partial charge < -0.3 is 10.1 Å². The zero-order valence-corrected chi connectivity index (χ0v) is 11.5. The van der Waals surface area contributed by atoms with Crippen LogP contribution in [0, 0.1) is 0 Å². The molecule has 0 saturated heterocycles. The van der Waals surface area contributed by atoms with E-state index < -0.39 is 0 Å². The highest BCUT2D eigenvalue weighted by molar-refractivity contribution is 5.49. The van der Waals surface area contributed by atoms with Gasteiger partial charge in [0.05, 0.1) is 6.61 Å².